The predicted octanol–water partition coefficient (Wildman–Crippen LogP) is 6.08. The Labute approximate surface area is 171 Å². The molecule has 1 aromatic heterocycles. The smallest absolute Gasteiger partial charge is 0.375 e. The third-order valence-electron chi connectivity index (χ3n) is 4.62. The van der Waals surface area contributed by atoms with Crippen LogP contribution in [0.2, 0.25) is 0 Å². The average Bonchev–Trinajstić information content (AvgIpc) is 3.02. The van der Waals surface area contributed by atoms with Crippen LogP contribution in [0.25, 0.3) is 11.3 Å². The van der Waals surface area contributed by atoms with Gasteiger partial charge in [0.25, 0.3) is 5.24 Å². The summed E-state index contributed by atoms with van der Waals surface area (Å²) in [5.74, 6) is 0. The highest BCUT2D eigenvalue weighted by Gasteiger charge is 2.34. The molecule has 29 heavy (non-hydrogen) atoms. The fourth-order valence-electron chi connectivity index (χ4n) is 3.26. The van der Waals surface area contributed by atoms with Gasteiger partial charge in [-0.05, 0) is 35.7 Å². The van der Waals surface area contributed by atoms with E-state index in [0.717, 1.165) is 11.6 Å². The van der Waals surface area contributed by atoms with Crippen LogP contribution in [-0.2, 0) is 24.1 Å². The maximum absolute atomic E-state index is 13.5. The topological polar surface area (TPSA) is 31.2 Å². The lowest BCUT2D eigenvalue weighted by Crippen LogP contribution is -2.11. The number of carbonyl (C=O) groups excluding carboxylic acids is 1. The van der Waals surface area contributed by atoms with Gasteiger partial charge >= 0.3 is 6.18 Å². The number of alkyl halides is 3. The molecule has 0 N–H and O–H groups in total. The summed E-state index contributed by atoms with van der Waals surface area (Å²) in [5, 5.41) is -0.711. The molecule has 3 aromatic rings. The van der Waals surface area contributed by atoms with Gasteiger partial charge in [-0.3, -0.25) is 4.79 Å². The van der Waals surface area contributed by atoms with Crippen molar-refractivity contribution < 1.29 is 22.7 Å². The lowest BCUT2D eigenvalue weighted by atomic mass is 10.0. The summed E-state index contributed by atoms with van der Waals surface area (Å²) in [4.78, 5) is 11.8. The first-order valence-corrected chi connectivity index (χ1v) is 9.34. The van der Waals surface area contributed by atoms with Crippen LogP contribution in [0.5, 0.6) is 0 Å². The van der Waals surface area contributed by atoms with Crippen LogP contribution in [0.4, 0.5) is 13.2 Å². The predicted molar refractivity (Wildman–Crippen MR) is 106 cm³/mol. The zero-order chi connectivity index (χ0) is 21.0. The van der Waals surface area contributed by atoms with E-state index in [-0.39, 0.29) is 24.3 Å². The van der Waals surface area contributed by atoms with Crippen molar-refractivity contribution in [1.82, 2.24) is 4.57 Å². The molecule has 0 atom stereocenters. The minimum Gasteiger partial charge on any atom is -0.375 e. The molecule has 0 aliphatic heterocycles. The summed E-state index contributed by atoms with van der Waals surface area (Å²) >= 11 is 5.65. The Bertz CT molecular complexity index is 997. The first kappa shape index (κ1) is 21.1. The Morgan fingerprint density at radius 2 is 1.72 bits per heavy atom. The van der Waals surface area contributed by atoms with E-state index in [1.165, 1.54) is 24.4 Å². The Hall–Kier alpha value is -2.57. The van der Waals surface area contributed by atoms with E-state index < -0.39 is 17.0 Å². The first-order valence-electron chi connectivity index (χ1n) is 8.97. The molecule has 0 saturated carbocycles. The number of carbonyl (C=O) groups is 1. The highest BCUT2D eigenvalue weighted by Crippen LogP contribution is 2.39. The third kappa shape index (κ3) is 4.89. The summed E-state index contributed by atoms with van der Waals surface area (Å²) in [6.45, 7) is 2.52. The Kier molecular flexibility index (Phi) is 6.45. The van der Waals surface area contributed by atoms with Gasteiger partial charge in [0, 0.05) is 18.3 Å². The molecule has 0 fully saturated rings. The lowest BCUT2D eigenvalue weighted by molar-refractivity contribution is -0.137. The van der Waals surface area contributed by atoms with Gasteiger partial charge in [-0.2, -0.15) is 13.2 Å². The minimum atomic E-state index is -4.52. The molecule has 1 heterocycles. The first-order chi connectivity index (χ1) is 13.8. The molecule has 3 rings (SSSR count). The van der Waals surface area contributed by atoms with Crippen molar-refractivity contribution in [1.29, 1.82) is 0 Å². The number of rotatable bonds is 7. The molecule has 0 unspecified atom stereocenters. The van der Waals surface area contributed by atoms with Gasteiger partial charge in [0.05, 0.1) is 30.0 Å². The lowest BCUT2D eigenvalue weighted by Gasteiger charge is -2.16. The zero-order valence-corrected chi connectivity index (χ0v) is 16.4. The molecule has 0 bridgehead atoms. The number of ether oxygens (including phenoxy) is 1. The van der Waals surface area contributed by atoms with Crippen molar-refractivity contribution in [2.75, 3.05) is 6.61 Å². The maximum atomic E-state index is 13.5. The molecule has 7 heteroatoms. The number of aromatic nitrogens is 1. The van der Waals surface area contributed by atoms with E-state index >= 15 is 0 Å². The van der Waals surface area contributed by atoms with Gasteiger partial charge in [-0.25, -0.2) is 0 Å². The average molecular weight is 422 g/mol. The fourth-order valence-corrected chi connectivity index (χ4v) is 3.45. The van der Waals surface area contributed by atoms with Gasteiger partial charge in [0.2, 0.25) is 0 Å². The summed E-state index contributed by atoms with van der Waals surface area (Å²) < 4.78 is 47.8. The highest BCUT2D eigenvalue weighted by atomic mass is 35.5. The van der Waals surface area contributed by atoms with Crippen LogP contribution in [0.15, 0.2) is 60.8 Å². The van der Waals surface area contributed by atoms with Crippen molar-refractivity contribution in [3.63, 3.8) is 0 Å². The molecular weight excluding hydrogens is 403 g/mol. The molecule has 0 aliphatic carbocycles. The number of nitrogens with zero attached hydrogens (tertiary/aromatic N) is 1. The highest BCUT2D eigenvalue weighted by molar-refractivity contribution is 6.68. The SMILES string of the molecule is Cc1c(C(=O)Cl)cn(CCOCc2ccccc2)c1-c1ccccc1C(F)(F)F. The normalized spacial score (nSPS) is 11.6. The van der Waals surface area contributed by atoms with Gasteiger partial charge in [0.15, 0.2) is 0 Å². The van der Waals surface area contributed by atoms with Crippen LogP contribution in [0.3, 0.4) is 0 Å². The maximum Gasteiger partial charge on any atom is 0.417 e. The van der Waals surface area contributed by atoms with Gasteiger partial charge in [-0.1, -0.05) is 48.5 Å². The van der Waals surface area contributed by atoms with E-state index in [2.05, 4.69) is 0 Å². The van der Waals surface area contributed by atoms with Crippen molar-refractivity contribution in [3.05, 3.63) is 83.0 Å². The van der Waals surface area contributed by atoms with Crippen LogP contribution in [0, 0.1) is 6.92 Å². The van der Waals surface area contributed by atoms with Crippen molar-refractivity contribution in [2.45, 2.75) is 26.3 Å². The molecule has 0 aliphatic rings. The molecular formula is C22H19ClF3NO2. The monoisotopic (exact) mass is 421 g/mol. The van der Waals surface area contributed by atoms with E-state index in [9.17, 15) is 18.0 Å². The summed E-state index contributed by atoms with van der Waals surface area (Å²) in [6.07, 6.45) is -3.04. The van der Waals surface area contributed by atoms with Crippen LogP contribution in [-0.4, -0.2) is 16.4 Å². The van der Waals surface area contributed by atoms with Crippen molar-refractivity contribution in [2.24, 2.45) is 0 Å². The summed E-state index contributed by atoms with van der Waals surface area (Å²) in [6, 6.07) is 14.9. The molecule has 0 radical (unpaired) electrons. The molecule has 2 aromatic carbocycles. The molecule has 0 spiro atoms. The van der Waals surface area contributed by atoms with Crippen LogP contribution < -0.4 is 0 Å². The molecule has 0 saturated heterocycles. The van der Waals surface area contributed by atoms with Crippen LogP contribution >= 0.6 is 11.6 Å². The second kappa shape index (κ2) is 8.84. The van der Waals surface area contributed by atoms with E-state index in [1.807, 2.05) is 30.3 Å². The van der Waals surface area contributed by atoms with E-state index in [1.54, 1.807) is 11.5 Å². The van der Waals surface area contributed by atoms with E-state index in [4.69, 9.17) is 16.3 Å². The molecule has 152 valence electrons. The minimum absolute atomic E-state index is 0.00438. The second-order valence-corrected chi connectivity index (χ2v) is 6.91. The second-order valence-electron chi connectivity index (χ2n) is 6.57. The standard InChI is InChI=1S/C22H19ClF3NO2/c1-15-18(21(23)28)13-27(11-12-29-14-16-7-3-2-4-8-16)20(15)17-9-5-6-10-19(17)22(24,25)26/h2-10,13H,11-12,14H2,1H3. The number of halogens is 4. The quantitative estimate of drug-likeness (QED) is 0.342. The zero-order valence-electron chi connectivity index (χ0n) is 15.7. The largest absolute Gasteiger partial charge is 0.417 e. The molecule has 0 amide bonds. The Morgan fingerprint density at radius 3 is 2.38 bits per heavy atom. The Morgan fingerprint density at radius 1 is 1.07 bits per heavy atom. The van der Waals surface area contributed by atoms with E-state index in [0.29, 0.717) is 17.9 Å². The summed E-state index contributed by atoms with van der Waals surface area (Å²) in [7, 11) is 0. The van der Waals surface area contributed by atoms with Crippen LogP contribution in [0.1, 0.15) is 27.0 Å². The van der Waals surface area contributed by atoms with Crippen molar-refractivity contribution in [3.8, 4) is 11.3 Å². The number of hydrogen-bond acceptors (Lipinski definition) is 2. The van der Waals surface area contributed by atoms with Gasteiger partial charge in [0.1, 0.15) is 0 Å². The fraction of sp³-hybridized carbons (Fsp3) is 0.227. The van der Waals surface area contributed by atoms with Crippen molar-refractivity contribution >= 4 is 16.8 Å². The van der Waals surface area contributed by atoms with Gasteiger partial charge in [-0.15, -0.1) is 0 Å². The number of benzene rings is 2. The number of hydrogen-bond donors (Lipinski definition) is 0. The third-order valence-corrected chi connectivity index (χ3v) is 4.82. The Balaban J connectivity index is 1.90. The summed E-state index contributed by atoms with van der Waals surface area (Å²) in [5.41, 5.74) is 1.14. The van der Waals surface area contributed by atoms with Gasteiger partial charge < -0.3 is 9.30 Å². The molecule has 3 nitrogen and oxygen atoms in total.